The van der Waals surface area contributed by atoms with Gasteiger partial charge in [0.2, 0.25) is 5.91 Å². The van der Waals surface area contributed by atoms with Crippen LogP contribution in [0.1, 0.15) is 22.3 Å². The lowest BCUT2D eigenvalue weighted by atomic mass is 10.0. The van der Waals surface area contributed by atoms with Gasteiger partial charge < -0.3 is 10.6 Å². The maximum absolute atomic E-state index is 11.6. The van der Waals surface area contributed by atoms with Gasteiger partial charge in [-0.3, -0.25) is 4.79 Å². The monoisotopic (exact) mass is 282 g/mol. The second-order valence-corrected chi connectivity index (χ2v) is 5.22. The normalized spacial score (nSPS) is 10.2. The number of carbonyl (C=O) groups excluding carboxylic acids is 1. The summed E-state index contributed by atoms with van der Waals surface area (Å²) in [5.74, 6) is 0.0241. The first-order chi connectivity index (χ1) is 10.1. The molecule has 0 unspecified atom stereocenters. The molecule has 0 fully saturated rings. The number of para-hydroxylation sites is 1. The van der Waals surface area contributed by atoms with Crippen LogP contribution in [0.15, 0.2) is 42.5 Å². The molecule has 0 saturated heterocycles. The van der Waals surface area contributed by atoms with Crippen molar-refractivity contribution in [2.45, 2.75) is 26.8 Å². The molecular weight excluding hydrogens is 260 g/mol. The van der Waals surface area contributed by atoms with Crippen molar-refractivity contribution in [3.8, 4) is 0 Å². The van der Waals surface area contributed by atoms with Crippen molar-refractivity contribution in [2.24, 2.45) is 0 Å². The molecule has 0 aliphatic rings. The van der Waals surface area contributed by atoms with Gasteiger partial charge in [0, 0.05) is 19.3 Å². The van der Waals surface area contributed by atoms with Gasteiger partial charge in [-0.1, -0.05) is 36.4 Å². The number of aryl methyl sites for hydroxylation is 1. The first-order valence-electron chi connectivity index (χ1n) is 7.19. The van der Waals surface area contributed by atoms with E-state index in [2.05, 4.69) is 42.7 Å². The fourth-order valence-electron chi connectivity index (χ4n) is 2.30. The zero-order chi connectivity index (χ0) is 15.2. The summed E-state index contributed by atoms with van der Waals surface area (Å²) in [6.45, 7) is 5.03. The van der Waals surface area contributed by atoms with Crippen LogP contribution in [0.5, 0.6) is 0 Å². The van der Waals surface area contributed by atoms with Crippen molar-refractivity contribution < 1.29 is 4.79 Å². The molecule has 0 radical (unpaired) electrons. The number of benzene rings is 2. The summed E-state index contributed by atoms with van der Waals surface area (Å²) >= 11 is 0. The van der Waals surface area contributed by atoms with Gasteiger partial charge in [-0.25, -0.2) is 0 Å². The van der Waals surface area contributed by atoms with Crippen molar-refractivity contribution in [3.05, 3.63) is 64.7 Å². The van der Waals surface area contributed by atoms with E-state index in [0.717, 1.165) is 17.8 Å². The second kappa shape index (κ2) is 6.93. The van der Waals surface area contributed by atoms with Gasteiger partial charge in [0.25, 0.3) is 0 Å². The molecule has 0 heterocycles. The van der Waals surface area contributed by atoms with E-state index >= 15 is 0 Å². The van der Waals surface area contributed by atoms with Gasteiger partial charge in [-0.15, -0.1) is 0 Å². The summed E-state index contributed by atoms with van der Waals surface area (Å²) in [6, 6.07) is 14.3. The average Bonchev–Trinajstić information content (AvgIpc) is 2.50. The number of hydrogen-bond donors (Lipinski definition) is 2. The third-order valence-corrected chi connectivity index (χ3v) is 3.83. The molecule has 0 spiro atoms. The van der Waals surface area contributed by atoms with Gasteiger partial charge >= 0.3 is 0 Å². The van der Waals surface area contributed by atoms with E-state index in [4.69, 9.17) is 0 Å². The summed E-state index contributed by atoms with van der Waals surface area (Å²) in [5, 5.41) is 6.11. The average molecular weight is 282 g/mol. The van der Waals surface area contributed by atoms with E-state index in [1.54, 1.807) is 7.05 Å². The molecule has 2 aromatic carbocycles. The molecule has 0 aromatic heterocycles. The molecule has 0 aliphatic carbocycles. The maximum Gasteiger partial charge on any atom is 0.224 e. The Morgan fingerprint density at radius 2 is 1.71 bits per heavy atom. The van der Waals surface area contributed by atoms with Crippen molar-refractivity contribution in [2.75, 3.05) is 12.4 Å². The number of anilines is 1. The Balaban J connectivity index is 2.13. The van der Waals surface area contributed by atoms with Gasteiger partial charge in [0.1, 0.15) is 0 Å². The van der Waals surface area contributed by atoms with Crippen LogP contribution >= 0.6 is 0 Å². The molecule has 21 heavy (non-hydrogen) atoms. The minimum Gasteiger partial charge on any atom is -0.381 e. The van der Waals surface area contributed by atoms with Crippen LogP contribution < -0.4 is 10.6 Å². The van der Waals surface area contributed by atoms with Crippen LogP contribution in [0.3, 0.4) is 0 Å². The lowest BCUT2D eigenvalue weighted by Gasteiger charge is -2.14. The van der Waals surface area contributed by atoms with Crippen LogP contribution in [0.4, 0.5) is 5.69 Å². The zero-order valence-corrected chi connectivity index (χ0v) is 12.9. The van der Waals surface area contributed by atoms with Crippen molar-refractivity contribution in [1.29, 1.82) is 0 Å². The lowest BCUT2D eigenvalue weighted by molar-refractivity contribution is -0.119. The second-order valence-electron chi connectivity index (χ2n) is 5.22. The third-order valence-electron chi connectivity index (χ3n) is 3.83. The highest BCUT2D eigenvalue weighted by Gasteiger charge is 2.07. The number of likely N-dealkylation sites (N-methyl/N-ethyl adjacent to an activating group) is 1. The Bertz CT molecular complexity index is 635. The third kappa shape index (κ3) is 3.85. The van der Waals surface area contributed by atoms with E-state index in [1.165, 1.54) is 16.7 Å². The SMILES string of the molecule is CNC(=O)Cc1ccccc1NCc1cccc(C)c1C. The molecule has 2 N–H and O–H groups in total. The number of carbonyl (C=O) groups is 1. The summed E-state index contributed by atoms with van der Waals surface area (Å²) in [4.78, 5) is 11.6. The first kappa shape index (κ1) is 15.1. The van der Waals surface area contributed by atoms with E-state index in [1.807, 2.05) is 24.3 Å². The van der Waals surface area contributed by atoms with Crippen molar-refractivity contribution >= 4 is 11.6 Å². The molecule has 3 nitrogen and oxygen atoms in total. The summed E-state index contributed by atoms with van der Waals surface area (Å²) < 4.78 is 0. The minimum absolute atomic E-state index is 0.0241. The number of amides is 1. The first-order valence-corrected chi connectivity index (χ1v) is 7.19. The van der Waals surface area contributed by atoms with E-state index in [9.17, 15) is 4.79 Å². The molecule has 1 amide bonds. The Morgan fingerprint density at radius 3 is 2.48 bits per heavy atom. The molecule has 0 bridgehead atoms. The fraction of sp³-hybridized carbons (Fsp3) is 0.278. The summed E-state index contributed by atoms with van der Waals surface area (Å²) in [6.07, 6.45) is 0.395. The van der Waals surface area contributed by atoms with Crippen molar-refractivity contribution in [1.82, 2.24) is 5.32 Å². The van der Waals surface area contributed by atoms with Crippen LogP contribution in [0.25, 0.3) is 0 Å². The van der Waals surface area contributed by atoms with E-state index in [0.29, 0.717) is 6.42 Å². The zero-order valence-electron chi connectivity index (χ0n) is 12.9. The van der Waals surface area contributed by atoms with Crippen LogP contribution in [0, 0.1) is 13.8 Å². The van der Waals surface area contributed by atoms with Crippen LogP contribution in [-0.4, -0.2) is 13.0 Å². The molecule has 2 aromatic rings. The maximum atomic E-state index is 11.6. The highest BCUT2D eigenvalue weighted by molar-refractivity contribution is 5.80. The highest BCUT2D eigenvalue weighted by atomic mass is 16.1. The molecule has 0 aliphatic heterocycles. The Hall–Kier alpha value is -2.29. The summed E-state index contributed by atoms with van der Waals surface area (Å²) in [5.41, 5.74) is 5.93. The van der Waals surface area contributed by atoms with Gasteiger partial charge in [0.15, 0.2) is 0 Å². The summed E-state index contributed by atoms with van der Waals surface area (Å²) in [7, 11) is 1.66. The van der Waals surface area contributed by atoms with E-state index in [-0.39, 0.29) is 5.91 Å². The largest absolute Gasteiger partial charge is 0.381 e. The predicted molar refractivity (Wildman–Crippen MR) is 87.5 cm³/mol. The molecule has 2 rings (SSSR count). The topological polar surface area (TPSA) is 41.1 Å². The Labute approximate surface area is 126 Å². The van der Waals surface area contributed by atoms with Crippen molar-refractivity contribution in [3.63, 3.8) is 0 Å². The quantitative estimate of drug-likeness (QED) is 0.884. The predicted octanol–water partition coefficient (Wildman–Crippen LogP) is 3.20. The molecule has 3 heteroatoms. The van der Waals surface area contributed by atoms with Gasteiger partial charge in [0.05, 0.1) is 6.42 Å². The lowest BCUT2D eigenvalue weighted by Crippen LogP contribution is -2.20. The van der Waals surface area contributed by atoms with E-state index < -0.39 is 0 Å². The fourth-order valence-corrected chi connectivity index (χ4v) is 2.30. The minimum atomic E-state index is 0.0241. The molecule has 0 saturated carbocycles. The number of rotatable bonds is 5. The van der Waals surface area contributed by atoms with Crippen LogP contribution in [0.2, 0.25) is 0 Å². The molecule has 110 valence electrons. The standard InChI is InChI=1S/C18H22N2O/c1-13-7-6-9-16(14(13)2)12-20-17-10-5-4-8-15(17)11-18(21)19-3/h4-10,20H,11-12H2,1-3H3,(H,19,21). The molecule has 0 atom stereocenters. The van der Waals surface area contributed by atoms with Gasteiger partial charge in [-0.2, -0.15) is 0 Å². The Kier molecular flexibility index (Phi) is 4.99. The molecular formula is C18H22N2O. The smallest absolute Gasteiger partial charge is 0.224 e. The number of nitrogens with one attached hydrogen (secondary N) is 2. The van der Waals surface area contributed by atoms with Crippen LogP contribution in [-0.2, 0) is 17.8 Å². The highest BCUT2D eigenvalue weighted by Crippen LogP contribution is 2.19. The Morgan fingerprint density at radius 1 is 1.00 bits per heavy atom. The number of hydrogen-bond acceptors (Lipinski definition) is 2. The van der Waals surface area contributed by atoms with Gasteiger partial charge in [-0.05, 0) is 42.2 Å².